The van der Waals surface area contributed by atoms with E-state index >= 15 is 0 Å². The average Bonchev–Trinajstić information content (AvgIpc) is 3.14. The number of benzene rings is 2. The molecule has 34 heavy (non-hydrogen) atoms. The minimum atomic E-state index is -3.77. The molecule has 11 heteroatoms. The number of hydrogen-bond donors (Lipinski definition) is 1. The summed E-state index contributed by atoms with van der Waals surface area (Å²) in [7, 11) is -3.77. The van der Waals surface area contributed by atoms with E-state index in [-0.39, 0.29) is 34.8 Å². The van der Waals surface area contributed by atoms with Crippen LogP contribution in [0, 0.1) is 5.82 Å². The van der Waals surface area contributed by atoms with E-state index in [9.17, 15) is 17.2 Å². The Morgan fingerprint density at radius 3 is 2.94 bits per heavy atom. The Balaban J connectivity index is 1.25. The van der Waals surface area contributed by atoms with Gasteiger partial charge in [0.25, 0.3) is 0 Å². The molecule has 1 N–H and O–H groups in total. The van der Waals surface area contributed by atoms with Gasteiger partial charge in [-0.25, -0.2) is 22.2 Å². The Labute approximate surface area is 191 Å². The van der Waals surface area contributed by atoms with Crippen LogP contribution in [0.3, 0.4) is 0 Å². The summed E-state index contributed by atoms with van der Waals surface area (Å²) in [5.74, 6) is 0.270. The molecule has 0 amide bonds. The van der Waals surface area contributed by atoms with Gasteiger partial charge in [-0.15, -0.1) is 10.2 Å². The van der Waals surface area contributed by atoms with Crippen molar-refractivity contribution >= 4 is 27.3 Å². The van der Waals surface area contributed by atoms with Gasteiger partial charge in [-0.05, 0) is 36.2 Å². The van der Waals surface area contributed by atoms with Crippen molar-refractivity contribution in [1.82, 2.24) is 19.6 Å². The molecule has 2 atom stereocenters. The molecule has 1 fully saturated rings. The zero-order chi connectivity index (χ0) is 23.2. The average molecular weight is 479 g/mol. The molecule has 3 aliphatic rings. The maximum absolute atomic E-state index is 14.6. The standard InChI is InChI=1S/C23H15F2N5O3S/c24-16-2-3-18-21(13-6-19(13)33-18)15(16)8-27-23-26-7-14(22-29-28-10-30(22)23)11-1-4-20-12(5-11)17(25)9-34(20,31)32/h1-5,7,9-10,13,19H,6,8H2,(H,26,27)/t13-,19?/m0/s1. The molecule has 170 valence electrons. The van der Waals surface area contributed by atoms with Crippen molar-refractivity contribution in [3.8, 4) is 16.9 Å². The number of nitrogens with one attached hydrogen (secondary N) is 1. The topological polar surface area (TPSA) is 98.5 Å². The molecule has 2 aliphatic heterocycles. The van der Waals surface area contributed by atoms with Gasteiger partial charge >= 0.3 is 0 Å². The van der Waals surface area contributed by atoms with Crippen LogP contribution in [-0.2, 0) is 16.4 Å². The second-order valence-electron chi connectivity index (χ2n) is 8.53. The molecule has 0 radical (unpaired) electrons. The van der Waals surface area contributed by atoms with Crippen molar-refractivity contribution in [3.63, 3.8) is 0 Å². The number of nitrogens with zero attached hydrogens (tertiary/aromatic N) is 4. The Bertz CT molecular complexity index is 1680. The second kappa shape index (κ2) is 6.60. The smallest absolute Gasteiger partial charge is 0.210 e. The fourth-order valence-corrected chi connectivity index (χ4v) is 6.04. The van der Waals surface area contributed by atoms with Crippen LogP contribution >= 0.6 is 0 Å². The molecule has 1 unspecified atom stereocenters. The van der Waals surface area contributed by atoms with Crippen molar-refractivity contribution in [1.29, 1.82) is 0 Å². The van der Waals surface area contributed by atoms with Crippen molar-refractivity contribution < 1.29 is 21.9 Å². The zero-order valence-corrected chi connectivity index (χ0v) is 18.2. The third kappa shape index (κ3) is 2.73. The molecular weight excluding hydrogens is 464 g/mol. The van der Waals surface area contributed by atoms with Crippen LogP contribution in [0.15, 0.2) is 53.2 Å². The first-order valence-electron chi connectivity index (χ1n) is 10.6. The predicted octanol–water partition coefficient (Wildman–Crippen LogP) is 3.85. The first kappa shape index (κ1) is 19.6. The Morgan fingerprint density at radius 1 is 1.18 bits per heavy atom. The number of hydrogen-bond acceptors (Lipinski definition) is 7. The predicted molar refractivity (Wildman–Crippen MR) is 118 cm³/mol. The molecule has 0 saturated heterocycles. The van der Waals surface area contributed by atoms with Crippen LogP contribution in [-0.4, -0.2) is 34.1 Å². The maximum atomic E-state index is 14.6. The highest BCUT2D eigenvalue weighted by Crippen LogP contribution is 2.55. The number of aromatic nitrogens is 4. The van der Waals surface area contributed by atoms with Crippen molar-refractivity contribution in [2.24, 2.45) is 0 Å². The quantitative estimate of drug-likeness (QED) is 0.475. The molecule has 2 aromatic carbocycles. The molecule has 4 heterocycles. The normalized spacial score (nSPS) is 20.9. The van der Waals surface area contributed by atoms with E-state index in [1.54, 1.807) is 22.7 Å². The number of fused-ring (bicyclic) bond motifs is 5. The van der Waals surface area contributed by atoms with Crippen LogP contribution in [0.5, 0.6) is 5.75 Å². The number of ether oxygens (including phenoxy) is 1. The molecule has 7 rings (SSSR count). The van der Waals surface area contributed by atoms with E-state index in [1.165, 1.54) is 24.5 Å². The summed E-state index contributed by atoms with van der Waals surface area (Å²) in [6.45, 7) is 0.202. The van der Waals surface area contributed by atoms with E-state index in [0.717, 1.165) is 17.7 Å². The van der Waals surface area contributed by atoms with Crippen molar-refractivity contribution in [2.45, 2.75) is 29.9 Å². The molecule has 1 saturated carbocycles. The van der Waals surface area contributed by atoms with Crippen molar-refractivity contribution in [2.75, 3.05) is 5.32 Å². The minimum Gasteiger partial charge on any atom is -0.489 e. The summed E-state index contributed by atoms with van der Waals surface area (Å²) in [4.78, 5) is 4.38. The molecule has 0 spiro atoms. The first-order chi connectivity index (χ1) is 16.4. The molecule has 0 bridgehead atoms. The summed E-state index contributed by atoms with van der Waals surface area (Å²) in [6.07, 6.45) is 4.08. The lowest BCUT2D eigenvalue weighted by molar-refractivity contribution is 0.318. The highest BCUT2D eigenvalue weighted by atomic mass is 32.2. The van der Waals surface area contributed by atoms with Crippen LogP contribution in [0.25, 0.3) is 22.6 Å². The van der Waals surface area contributed by atoms with E-state index in [0.29, 0.717) is 33.7 Å². The van der Waals surface area contributed by atoms with E-state index in [1.807, 2.05) is 0 Å². The van der Waals surface area contributed by atoms with Gasteiger partial charge in [-0.3, -0.25) is 4.40 Å². The molecule has 1 aliphatic carbocycles. The lowest BCUT2D eigenvalue weighted by Crippen LogP contribution is -2.10. The fourth-order valence-electron chi connectivity index (χ4n) is 4.79. The van der Waals surface area contributed by atoms with Gasteiger partial charge in [0.1, 0.15) is 29.8 Å². The second-order valence-corrected chi connectivity index (χ2v) is 10.3. The summed E-state index contributed by atoms with van der Waals surface area (Å²) in [5.41, 5.74) is 3.00. The summed E-state index contributed by atoms with van der Waals surface area (Å²) < 4.78 is 60.4. The van der Waals surface area contributed by atoms with Gasteiger partial charge in [0, 0.05) is 40.9 Å². The number of anilines is 1. The van der Waals surface area contributed by atoms with Gasteiger partial charge in [0.2, 0.25) is 15.8 Å². The van der Waals surface area contributed by atoms with Gasteiger partial charge in [-0.2, -0.15) is 0 Å². The van der Waals surface area contributed by atoms with Crippen LogP contribution in [0.1, 0.15) is 29.0 Å². The van der Waals surface area contributed by atoms with Crippen LogP contribution in [0.2, 0.25) is 0 Å². The van der Waals surface area contributed by atoms with E-state index in [2.05, 4.69) is 20.5 Å². The van der Waals surface area contributed by atoms with Gasteiger partial charge in [-0.1, -0.05) is 6.07 Å². The first-order valence-corrected chi connectivity index (χ1v) is 12.1. The van der Waals surface area contributed by atoms with Gasteiger partial charge in [0.15, 0.2) is 5.65 Å². The SMILES string of the molecule is O=S1(=O)C=C(F)c2cc(-c3cnc(NCc4c(F)ccc5c4[C@H]4CC4O5)n4cnnc34)ccc21. The Morgan fingerprint density at radius 2 is 2.06 bits per heavy atom. The van der Waals surface area contributed by atoms with Gasteiger partial charge < -0.3 is 10.1 Å². The highest BCUT2D eigenvalue weighted by Gasteiger charge is 2.49. The highest BCUT2D eigenvalue weighted by molar-refractivity contribution is 7.94. The summed E-state index contributed by atoms with van der Waals surface area (Å²) in [6, 6.07) is 7.49. The number of halogens is 2. The lowest BCUT2D eigenvalue weighted by atomic mass is 10.0. The van der Waals surface area contributed by atoms with Crippen LogP contribution in [0.4, 0.5) is 14.7 Å². The minimum absolute atomic E-state index is 0.00590. The largest absolute Gasteiger partial charge is 0.489 e. The third-order valence-electron chi connectivity index (χ3n) is 6.51. The lowest BCUT2D eigenvalue weighted by Gasteiger charge is -2.14. The maximum Gasteiger partial charge on any atom is 0.210 e. The summed E-state index contributed by atoms with van der Waals surface area (Å²) >= 11 is 0. The number of rotatable bonds is 4. The summed E-state index contributed by atoms with van der Waals surface area (Å²) in [5, 5.41) is 11.9. The molecule has 4 aromatic rings. The van der Waals surface area contributed by atoms with Crippen LogP contribution < -0.4 is 10.1 Å². The van der Waals surface area contributed by atoms with E-state index in [4.69, 9.17) is 4.74 Å². The van der Waals surface area contributed by atoms with Gasteiger partial charge in [0.05, 0.1) is 10.3 Å². The fraction of sp³-hybridized carbons (Fsp3) is 0.174. The zero-order valence-electron chi connectivity index (χ0n) is 17.4. The van der Waals surface area contributed by atoms with E-state index < -0.39 is 15.7 Å². The molecular formula is C23H15F2N5O3S. The molecule has 2 aromatic heterocycles. The monoisotopic (exact) mass is 479 g/mol. The third-order valence-corrected chi connectivity index (χ3v) is 8.00. The number of sulfone groups is 1. The molecule has 8 nitrogen and oxygen atoms in total. The Kier molecular flexibility index (Phi) is 3.80. The van der Waals surface area contributed by atoms with Crippen molar-refractivity contribution in [3.05, 3.63) is 70.8 Å². The Hall–Kier alpha value is -3.86.